The van der Waals surface area contributed by atoms with Gasteiger partial charge in [0, 0.05) is 17.0 Å². The van der Waals surface area contributed by atoms with Crippen LogP contribution in [0.1, 0.15) is 54.3 Å². The summed E-state index contributed by atoms with van der Waals surface area (Å²) in [7, 11) is 1.62. The number of rotatable bonds is 6. The number of allylic oxidation sites excluding steroid dienone is 1. The zero-order valence-corrected chi connectivity index (χ0v) is 23.2. The van der Waals surface area contributed by atoms with Crippen LogP contribution in [0.5, 0.6) is 0 Å². The Morgan fingerprint density at radius 3 is 1.95 bits per heavy atom. The molecule has 4 aromatic rings. The molecule has 1 aliphatic rings. The average Bonchev–Trinajstić information content (AvgIpc) is 3.41. The van der Waals surface area contributed by atoms with Gasteiger partial charge in [0.25, 0.3) is 0 Å². The Morgan fingerprint density at radius 1 is 0.919 bits per heavy atom. The van der Waals surface area contributed by atoms with E-state index >= 15 is 0 Å². The van der Waals surface area contributed by atoms with Crippen molar-refractivity contribution in [2.45, 2.75) is 32.6 Å². The van der Waals surface area contributed by atoms with Crippen LogP contribution in [0.2, 0.25) is 20.1 Å². The fraction of sp³-hybridized carbons (Fsp3) is 0.222. The first-order valence-corrected chi connectivity index (χ1v) is 12.8. The van der Waals surface area contributed by atoms with Crippen molar-refractivity contribution in [2.75, 3.05) is 7.11 Å². The number of carbonyl (C=O) groups is 1. The maximum atomic E-state index is 11.3. The summed E-state index contributed by atoms with van der Waals surface area (Å²) < 4.78 is 15.5. The van der Waals surface area contributed by atoms with Crippen molar-refractivity contribution < 1.29 is 18.6 Å². The number of hydrogen-bond donors (Lipinski definition) is 0. The van der Waals surface area contributed by atoms with Gasteiger partial charge in [0.05, 0.1) is 44.6 Å². The molecule has 0 N–H and O–H groups in total. The number of halogens is 4. The summed E-state index contributed by atoms with van der Waals surface area (Å²) >= 11 is 24.7. The Morgan fingerprint density at radius 2 is 1.46 bits per heavy atom. The molecule has 2 aromatic carbocycles. The van der Waals surface area contributed by atoms with Crippen molar-refractivity contribution in [3.8, 4) is 22.5 Å². The van der Waals surface area contributed by atoms with E-state index in [2.05, 4.69) is 10.3 Å². The molecule has 2 heterocycles. The molecule has 0 saturated heterocycles. The number of methoxy groups -OCH3 is 1. The maximum absolute atomic E-state index is 11.3. The third kappa shape index (κ3) is 5.88. The number of Topliss-reactive ketones (excluding diaryl/α,β-unsaturated/α-hetero) is 1. The Hall–Kier alpha value is -2.77. The molecule has 0 bridgehead atoms. The number of aromatic nitrogens is 2. The summed E-state index contributed by atoms with van der Waals surface area (Å²) in [6, 6.07) is 10.5. The molecule has 0 radical (unpaired) electrons. The van der Waals surface area contributed by atoms with Gasteiger partial charge in [-0.15, -0.1) is 0 Å². The third-order valence-electron chi connectivity index (χ3n) is 5.70. The van der Waals surface area contributed by atoms with Crippen molar-refractivity contribution in [3.63, 3.8) is 0 Å². The van der Waals surface area contributed by atoms with Gasteiger partial charge in [-0.1, -0.05) is 68.8 Å². The van der Waals surface area contributed by atoms with Crippen molar-refractivity contribution in [1.82, 2.24) is 10.3 Å². The quantitative estimate of drug-likeness (QED) is 0.167. The molecule has 10 heteroatoms. The van der Waals surface area contributed by atoms with Crippen LogP contribution >= 0.6 is 46.4 Å². The van der Waals surface area contributed by atoms with E-state index in [1.165, 1.54) is 13.2 Å². The summed E-state index contributed by atoms with van der Waals surface area (Å²) in [5.41, 5.74) is 4.54. The minimum Gasteiger partial charge on any atom is -0.504 e. The highest BCUT2D eigenvalue weighted by molar-refractivity contribution is 6.40. The molecule has 5 rings (SSSR count). The van der Waals surface area contributed by atoms with E-state index in [0.717, 1.165) is 29.7 Å². The Bertz CT molecular complexity index is 1430. The lowest BCUT2D eigenvalue weighted by Gasteiger charge is -2.07. The van der Waals surface area contributed by atoms with E-state index in [9.17, 15) is 4.79 Å². The van der Waals surface area contributed by atoms with Gasteiger partial charge in [0.2, 0.25) is 0 Å². The van der Waals surface area contributed by atoms with E-state index in [4.69, 9.17) is 60.2 Å². The Labute approximate surface area is 234 Å². The van der Waals surface area contributed by atoms with Crippen LogP contribution in [0.15, 0.2) is 58.0 Å². The number of carbonyl (C=O) groups excluding carboxylic acids is 1. The predicted octanol–water partition coefficient (Wildman–Crippen LogP) is 9.38. The molecule has 0 atom stereocenters. The zero-order valence-electron chi connectivity index (χ0n) is 20.1. The summed E-state index contributed by atoms with van der Waals surface area (Å²) in [6.45, 7) is 3.40. The molecular weight excluding hydrogens is 558 g/mol. The molecule has 1 saturated carbocycles. The highest BCUT2D eigenvalue weighted by atomic mass is 35.5. The molecule has 0 unspecified atom stereocenters. The van der Waals surface area contributed by atoms with Gasteiger partial charge in [-0.05, 0) is 56.5 Å². The summed E-state index contributed by atoms with van der Waals surface area (Å²) in [5, 5.41) is 9.98. The molecule has 192 valence electrons. The first-order chi connectivity index (χ1) is 17.7. The lowest BCUT2D eigenvalue weighted by molar-refractivity contribution is 0.101. The molecule has 0 spiro atoms. The zero-order chi connectivity index (χ0) is 26.7. The smallest absolute Gasteiger partial charge is 0.165 e. The lowest BCUT2D eigenvalue weighted by atomic mass is 9.99. The van der Waals surface area contributed by atoms with Crippen molar-refractivity contribution >= 4 is 57.8 Å². The van der Waals surface area contributed by atoms with Gasteiger partial charge in [0.15, 0.2) is 5.78 Å². The number of benzene rings is 2. The lowest BCUT2D eigenvalue weighted by Crippen LogP contribution is -1.94. The number of ketones is 1. The first kappa shape index (κ1) is 27.3. The van der Waals surface area contributed by atoms with Crippen LogP contribution in [0.25, 0.3) is 28.1 Å². The Balaban J connectivity index is 0.000000180. The minimum absolute atomic E-state index is 0.146. The van der Waals surface area contributed by atoms with E-state index < -0.39 is 0 Å². The van der Waals surface area contributed by atoms with Crippen LogP contribution in [0.3, 0.4) is 0 Å². The van der Waals surface area contributed by atoms with Crippen LogP contribution in [-0.2, 0) is 4.74 Å². The number of hydrogen-bond acceptors (Lipinski definition) is 6. The molecule has 0 aliphatic heterocycles. The van der Waals surface area contributed by atoms with E-state index in [0.29, 0.717) is 54.1 Å². The van der Waals surface area contributed by atoms with Crippen LogP contribution in [0.4, 0.5) is 0 Å². The second-order valence-electron chi connectivity index (χ2n) is 8.41. The van der Waals surface area contributed by atoms with Crippen molar-refractivity contribution in [3.05, 3.63) is 85.9 Å². The minimum atomic E-state index is -0.146. The number of nitrogens with zero attached hydrogens (tertiary/aromatic N) is 2. The third-order valence-corrected chi connectivity index (χ3v) is 6.96. The van der Waals surface area contributed by atoms with Crippen LogP contribution in [0, 0.1) is 0 Å². The van der Waals surface area contributed by atoms with Gasteiger partial charge in [-0.25, -0.2) is 0 Å². The molecule has 1 aliphatic carbocycles. The molecule has 0 amide bonds. The summed E-state index contributed by atoms with van der Waals surface area (Å²) in [5.74, 6) is 1.18. The van der Waals surface area contributed by atoms with Crippen LogP contribution < -0.4 is 0 Å². The molecule has 37 heavy (non-hydrogen) atoms. The summed E-state index contributed by atoms with van der Waals surface area (Å²) in [6.07, 6.45) is 5.22. The highest BCUT2D eigenvalue weighted by Crippen LogP contribution is 2.47. The highest BCUT2D eigenvalue weighted by Gasteiger charge is 2.34. The fourth-order valence-electron chi connectivity index (χ4n) is 3.83. The second kappa shape index (κ2) is 11.7. The number of ether oxygens (including phenoxy) is 1. The average molecular weight is 580 g/mol. The Kier molecular flexibility index (Phi) is 8.65. The SMILES string of the molecule is CC(=O)c1conc1-c1c(Cl)cccc1Cl.CO/C=C(\C)c1c(-c2c(Cl)cccc2Cl)noc1C1CC1. The van der Waals surface area contributed by atoms with Gasteiger partial charge < -0.3 is 13.8 Å². The van der Waals surface area contributed by atoms with Gasteiger partial charge in [0.1, 0.15) is 23.4 Å². The van der Waals surface area contributed by atoms with Gasteiger partial charge >= 0.3 is 0 Å². The van der Waals surface area contributed by atoms with Gasteiger partial charge in [-0.2, -0.15) is 0 Å². The maximum Gasteiger partial charge on any atom is 0.165 e. The van der Waals surface area contributed by atoms with E-state index in [-0.39, 0.29) is 5.78 Å². The molecule has 1 fully saturated rings. The standard InChI is InChI=1S/C16H15Cl2NO2.C11H7Cl2NO2/c1-9(8-20-2)13-15(19-21-16(13)10-6-7-10)14-11(17)4-3-5-12(14)18;1-6(15)7-5-16-14-11(7)10-8(12)3-2-4-9(10)13/h3-5,8,10H,6-7H2,1-2H3;2-5H,1H3/b9-8+;. The van der Waals surface area contributed by atoms with E-state index in [1.807, 2.05) is 13.0 Å². The normalized spacial score (nSPS) is 13.2. The molecular formula is C27H22Cl4N2O4. The van der Waals surface area contributed by atoms with Gasteiger partial charge in [-0.3, -0.25) is 4.79 Å². The fourth-order valence-corrected chi connectivity index (χ4v) is 4.98. The monoisotopic (exact) mass is 578 g/mol. The van der Waals surface area contributed by atoms with E-state index in [1.54, 1.807) is 43.7 Å². The predicted molar refractivity (Wildman–Crippen MR) is 147 cm³/mol. The topological polar surface area (TPSA) is 78.4 Å². The summed E-state index contributed by atoms with van der Waals surface area (Å²) in [4.78, 5) is 11.3. The van der Waals surface area contributed by atoms with Crippen LogP contribution in [-0.4, -0.2) is 23.2 Å². The molecule has 6 nitrogen and oxygen atoms in total. The second-order valence-corrected chi connectivity index (χ2v) is 10.0. The molecule has 2 aromatic heterocycles. The largest absolute Gasteiger partial charge is 0.504 e. The van der Waals surface area contributed by atoms with Crippen molar-refractivity contribution in [1.29, 1.82) is 0 Å². The van der Waals surface area contributed by atoms with Crippen molar-refractivity contribution in [2.24, 2.45) is 0 Å². The first-order valence-electron chi connectivity index (χ1n) is 11.3.